The maximum Gasteiger partial charge on any atom is 0.251 e. The van der Waals surface area contributed by atoms with E-state index in [1.165, 1.54) is 0 Å². The molecule has 0 saturated heterocycles. The first-order valence-electron chi connectivity index (χ1n) is 8.31. The highest BCUT2D eigenvalue weighted by molar-refractivity contribution is 5.94. The van der Waals surface area contributed by atoms with Crippen LogP contribution in [-0.2, 0) is 11.2 Å². The minimum Gasteiger partial charge on any atom is -0.491 e. The van der Waals surface area contributed by atoms with E-state index in [0.29, 0.717) is 50.0 Å². The van der Waals surface area contributed by atoms with Gasteiger partial charge < -0.3 is 19.5 Å². The Bertz CT molecular complexity index is 676. The van der Waals surface area contributed by atoms with Gasteiger partial charge in [-0.25, -0.2) is 4.98 Å². The second kappa shape index (κ2) is 10.3. The third-order valence-electron chi connectivity index (χ3n) is 3.39. The molecule has 0 radical (unpaired) electrons. The number of pyridine rings is 1. The Kier molecular flexibility index (Phi) is 7.72. The predicted octanol–water partition coefficient (Wildman–Crippen LogP) is 2.48. The molecule has 6 heteroatoms. The van der Waals surface area contributed by atoms with Crippen LogP contribution in [0, 0.1) is 0 Å². The van der Waals surface area contributed by atoms with Crippen molar-refractivity contribution >= 4 is 5.91 Å². The fourth-order valence-electron chi connectivity index (χ4n) is 2.20. The Morgan fingerprint density at radius 3 is 2.76 bits per heavy atom. The molecule has 0 atom stereocenters. The molecule has 0 aliphatic rings. The highest BCUT2D eigenvalue weighted by atomic mass is 16.5. The summed E-state index contributed by atoms with van der Waals surface area (Å²) in [5.41, 5.74) is 1.44. The number of ether oxygens (including phenoxy) is 3. The van der Waals surface area contributed by atoms with Gasteiger partial charge in [-0.15, -0.1) is 0 Å². The molecule has 2 aromatic rings. The van der Waals surface area contributed by atoms with Crippen LogP contribution in [0.1, 0.15) is 23.0 Å². The zero-order valence-electron chi connectivity index (χ0n) is 14.7. The highest BCUT2D eigenvalue weighted by Crippen LogP contribution is 2.13. The van der Waals surface area contributed by atoms with Crippen molar-refractivity contribution in [1.29, 1.82) is 0 Å². The zero-order valence-corrected chi connectivity index (χ0v) is 14.7. The van der Waals surface area contributed by atoms with Crippen molar-refractivity contribution in [3.63, 3.8) is 0 Å². The van der Waals surface area contributed by atoms with Crippen molar-refractivity contribution in [1.82, 2.24) is 10.3 Å². The van der Waals surface area contributed by atoms with Gasteiger partial charge in [0.1, 0.15) is 12.4 Å². The lowest BCUT2D eigenvalue weighted by molar-refractivity contribution is 0.0953. The van der Waals surface area contributed by atoms with E-state index in [0.717, 1.165) is 5.69 Å². The molecule has 0 saturated carbocycles. The molecule has 0 aliphatic heterocycles. The van der Waals surface area contributed by atoms with E-state index in [4.69, 9.17) is 14.2 Å². The average molecular weight is 344 g/mol. The summed E-state index contributed by atoms with van der Waals surface area (Å²) in [7, 11) is 1.62. The Morgan fingerprint density at radius 2 is 1.96 bits per heavy atom. The second-order valence-electron chi connectivity index (χ2n) is 5.28. The van der Waals surface area contributed by atoms with Crippen LogP contribution in [0.2, 0.25) is 0 Å². The lowest BCUT2D eigenvalue weighted by Gasteiger charge is -2.09. The molecule has 1 aromatic heterocycles. The van der Waals surface area contributed by atoms with Crippen LogP contribution in [0.5, 0.6) is 11.6 Å². The molecule has 1 amide bonds. The number of carbonyl (C=O) groups is 1. The van der Waals surface area contributed by atoms with Gasteiger partial charge >= 0.3 is 0 Å². The molecular formula is C19H24N2O4. The van der Waals surface area contributed by atoms with Gasteiger partial charge in [-0.3, -0.25) is 4.79 Å². The van der Waals surface area contributed by atoms with E-state index in [9.17, 15) is 4.79 Å². The van der Waals surface area contributed by atoms with Gasteiger partial charge in [0.25, 0.3) is 5.91 Å². The predicted molar refractivity (Wildman–Crippen MR) is 95.3 cm³/mol. The largest absolute Gasteiger partial charge is 0.491 e. The maximum absolute atomic E-state index is 12.3. The van der Waals surface area contributed by atoms with Gasteiger partial charge in [-0.05, 0) is 31.2 Å². The number of nitrogens with one attached hydrogen (secondary N) is 1. The minimum absolute atomic E-state index is 0.141. The Hall–Kier alpha value is -2.60. The van der Waals surface area contributed by atoms with Gasteiger partial charge in [-0.2, -0.15) is 0 Å². The van der Waals surface area contributed by atoms with Crippen molar-refractivity contribution < 1.29 is 19.0 Å². The first-order chi connectivity index (χ1) is 12.2. The van der Waals surface area contributed by atoms with Crippen LogP contribution in [0.4, 0.5) is 0 Å². The Morgan fingerprint density at radius 1 is 1.12 bits per heavy atom. The van der Waals surface area contributed by atoms with Gasteiger partial charge in [-0.1, -0.05) is 12.1 Å². The SMILES string of the molecule is CCOc1cccc(CCNC(=O)c2cccc(OCCOC)c2)n1. The Labute approximate surface area is 148 Å². The number of rotatable bonds is 10. The summed E-state index contributed by atoms with van der Waals surface area (Å²) in [6.45, 7) is 3.95. The molecule has 6 nitrogen and oxygen atoms in total. The molecule has 25 heavy (non-hydrogen) atoms. The molecule has 1 aromatic carbocycles. The number of nitrogens with zero attached hydrogens (tertiary/aromatic N) is 1. The van der Waals surface area contributed by atoms with E-state index < -0.39 is 0 Å². The van der Waals surface area contributed by atoms with Crippen LogP contribution in [0.25, 0.3) is 0 Å². The summed E-state index contributed by atoms with van der Waals surface area (Å²) in [6, 6.07) is 12.7. The summed E-state index contributed by atoms with van der Waals surface area (Å²) in [4.78, 5) is 16.6. The molecule has 2 rings (SSSR count). The lowest BCUT2D eigenvalue weighted by Crippen LogP contribution is -2.26. The van der Waals surface area contributed by atoms with E-state index in [2.05, 4.69) is 10.3 Å². The van der Waals surface area contributed by atoms with Crippen molar-refractivity contribution in [2.24, 2.45) is 0 Å². The van der Waals surface area contributed by atoms with Crippen LogP contribution in [0.15, 0.2) is 42.5 Å². The second-order valence-corrected chi connectivity index (χ2v) is 5.28. The number of benzene rings is 1. The normalized spacial score (nSPS) is 10.3. The van der Waals surface area contributed by atoms with E-state index in [-0.39, 0.29) is 5.91 Å². The van der Waals surface area contributed by atoms with Gasteiger partial charge in [0, 0.05) is 37.4 Å². The van der Waals surface area contributed by atoms with Crippen molar-refractivity contribution in [3.8, 4) is 11.6 Å². The molecule has 0 bridgehead atoms. The van der Waals surface area contributed by atoms with E-state index >= 15 is 0 Å². The van der Waals surface area contributed by atoms with Gasteiger partial charge in [0.05, 0.1) is 13.2 Å². The summed E-state index contributed by atoms with van der Waals surface area (Å²) in [6.07, 6.45) is 0.636. The van der Waals surface area contributed by atoms with Crippen LogP contribution in [-0.4, -0.2) is 44.4 Å². The highest BCUT2D eigenvalue weighted by Gasteiger charge is 2.07. The third-order valence-corrected chi connectivity index (χ3v) is 3.39. The number of hydrogen-bond acceptors (Lipinski definition) is 5. The fourth-order valence-corrected chi connectivity index (χ4v) is 2.20. The molecular weight excluding hydrogens is 320 g/mol. The zero-order chi connectivity index (χ0) is 17.9. The topological polar surface area (TPSA) is 69.7 Å². The monoisotopic (exact) mass is 344 g/mol. The van der Waals surface area contributed by atoms with E-state index in [1.807, 2.05) is 31.2 Å². The fraction of sp³-hybridized carbons (Fsp3) is 0.368. The van der Waals surface area contributed by atoms with Crippen LogP contribution >= 0.6 is 0 Å². The molecule has 0 unspecified atom stereocenters. The number of amides is 1. The number of carbonyl (C=O) groups excluding carboxylic acids is 1. The molecule has 1 N–H and O–H groups in total. The summed E-state index contributed by atoms with van der Waals surface area (Å²) < 4.78 is 15.8. The average Bonchev–Trinajstić information content (AvgIpc) is 2.63. The summed E-state index contributed by atoms with van der Waals surface area (Å²) in [5, 5.41) is 2.89. The van der Waals surface area contributed by atoms with Crippen LogP contribution < -0.4 is 14.8 Å². The quantitative estimate of drug-likeness (QED) is 0.671. The standard InChI is InChI=1S/C19H24N2O4/c1-3-24-18-9-5-7-16(21-18)10-11-20-19(22)15-6-4-8-17(14-15)25-13-12-23-2/h4-9,14H,3,10-13H2,1-2H3,(H,20,22). The number of aromatic nitrogens is 1. The summed E-state index contributed by atoms with van der Waals surface area (Å²) in [5.74, 6) is 1.11. The molecule has 0 aliphatic carbocycles. The van der Waals surface area contributed by atoms with Crippen LogP contribution in [0.3, 0.4) is 0 Å². The van der Waals surface area contributed by atoms with Gasteiger partial charge in [0.15, 0.2) is 0 Å². The molecule has 134 valence electrons. The molecule has 1 heterocycles. The van der Waals surface area contributed by atoms with Gasteiger partial charge in [0.2, 0.25) is 5.88 Å². The molecule has 0 fully saturated rings. The first-order valence-corrected chi connectivity index (χ1v) is 8.31. The Balaban J connectivity index is 1.83. The van der Waals surface area contributed by atoms with Crippen molar-refractivity contribution in [3.05, 3.63) is 53.7 Å². The van der Waals surface area contributed by atoms with Crippen molar-refractivity contribution in [2.45, 2.75) is 13.3 Å². The van der Waals surface area contributed by atoms with Crippen molar-refractivity contribution in [2.75, 3.05) is 33.5 Å². The number of methoxy groups -OCH3 is 1. The van der Waals surface area contributed by atoms with E-state index in [1.54, 1.807) is 25.3 Å². The first kappa shape index (κ1) is 18.7. The minimum atomic E-state index is -0.141. The summed E-state index contributed by atoms with van der Waals surface area (Å²) >= 11 is 0. The third kappa shape index (κ3) is 6.43. The maximum atomic E-state index is 12.3. The lowest BCUT2D eigenvalue weighted by atomic mass is 10.2. The molecule has 0 spiro atoms. The smallest absolute Gasteiger partial charge is 0.251 e. The number of hydrogen-bond donors (Lipinski definition) is 1.